The number of anilines is 1. The number of rotatable bonds is 5. The number of fused-ring (bicyclic) bond motifs is 1. The first-order valence-electron chi connectivity index (χ1n) is 8.46. The third kappa shape index (κ3) is 4.09. The maximum absolute atomic E-state index is 12.6. The van der Waals surface area contributed by atoms with Gasteiger partial charge in [-0.1, -0.05) is 31.2 Å². The fourth-order valence-corrected chi connectivity index (χ4v) is 5.79. The topological polar surface area (TPSA) is 12.0 Å². The number of hydrogen-bond donors (Lipinski definition) is 1. The summed E-state index contributed by atoms with van der Waals surface area (Å²) in [6.07, 6.45) is 2.30. The highest BCUT2D eigenvalue weighted by Crippen LogP contribution is 2.43. The van der Waals surface area contributed by atoms with Crippen LogP contribution in [0, 0.1) is 5.92 Å². The van der Waals surface area contributed by atoms with Gasteiger partial charge in [-0.15, -0.1) is 23.5 Å². The van der Waals surface area contributed by atoms with Gasteiger partial charge in [-0.2, -0.15) is 0 Å². The molecule has 24 heavy (non-hydrogen) atoms. The molecule has 0 saturated carbocycles. The average molecular weight is 362 g/mol. The van der Waals surface area contributed by atoms with Crippen molar-refractivity contribution in [1.29, 1.82) is 0 Å². The van der Waals surface area contributed by atoms with E-state index in [0.29, 0.717) is 16.3 Å². The summed E-state index contributed by atoms with van der Waals surface area (Å²) >= 11 is 3.70. The molecule has 0 amide bonds. The molecular formula is C20H24FNS2. The van der Waals surface area contributed by atoms with Crippen molar-refractivity contribution in [3.8, 4) is 11.1 Å². The van der Waals surface area contributed by atoms with Crippen molar-refractivity contribution < 1.29 is 4.39 Å². The average Bonchev–Trinajstić information content (AvgIpc) is 2.78. The van der Waals surface area contributed by atoms with E-state index in [0.717, 1.165) is 12.1 Å². The summed E-state index contributed by atoms with van der Waals surface area (Å²) in [5, 5.41) is 3.16. The number of benzene rings is 2. The van der Waals surface area contributed by atoms with Gasteiger partial charge < -0.3 is 5.32 Å². The quantitative estimate of drug-likeness (QED) is 0.691. The first-order chi connectivity index (χ1) is 11.7. The molecule has 0 spiro atoms. The molecule has 0 aromatic heterocycles. The Balaban J connectivity index is 1.86. The number of thioether (sulfide) groups is 2. The molecule has 0 aliphatic carbocycles. The maximum atomic E-state index is 12.6. The van der Waals surface area contributed by atoms with Gasteiger partial charge in [0.1, 0.15) is 0 Å². The third-order valence-corrected chi connectivity index (χ3v) is 7.72. The molecule has 0 fully saturated rings. The Morgan fingerprint density at radius 1 is 1.17 bits per heavy atom. The van der Waals surface area contributed by atoms with Gasteiger partial charge in [0.25, 0.3) is 0 Å². The largest absolute Gasteiger partial charge is 0.388 e. The van der Waals surface area contributed by atoms with Crippen LogP contribution in [0.4, 0.5) is 10.1 Å². The molecule has 1 aliphatic heterocycles. The minimum absolute atomic E-state index is 0.237. The van der Waals surface area contributed by atoms with Gasteiger partial charge in [0.05, 0.1) is 11.3 Å². The van der Waals surface area contributed by atoms with Crippen LogP contribution in [0.1, 0.15) is 18.9 Å². The minimum atomic E-state index is -0.237. The Morgan fingerprint density at radius 3 is 2.62 bits per heavy atom. The zero-order valence-electron chi connectivity index (χ0n) is 14.2. The summed E-state index contributed by atoms with van der Waals surface area (Å²) < 4.78 is 13.0. The Morgan fingerprint density at radius 2 is 1.92 bits per heavy atom. The van der Waals surface area contributed by atoms with Crippen molar-refractivity contribution >= 4 is 29.2 Å². The van der Waals surface area contributed by atoms with E-state index in [4.69, 9.17) is 0 Å². The van der Waals surface area contributed by atoms with Crippen LogP contribution < -0.4 is 5.32 Å². The van der Waals surface area contributed by atoms with Crippen LogP contribution in [0.15, 0.2) is 47.4 Å². The Hall–Kier alpha value is -1.13. The minimum Gasteiger partial charge on any atom is -0.388 e. The SMILES string of the molecule is CNc1ccc(-c2ccc3c(c2)SC(SCCF)C(C)CC3)cc1. The van der Waals surface area contributed by atoms with Crippen molar-refractivity contribution in [3.05, 3.63) is 48.0 Å². The summed E-state index contributed by atoms with van der Waals surface area (Å²) in [6.45, 7) is 2.06. The molecule has 1 N–H and O–H groups in total. The van der Waals surface area contributed by atoms with Crippen LogP contribution in [0.3, 0.4) is 0 Å². The van der Waals surface area contributed by atoms with E-state index in [1.807, 2.05) is 18.8 Å². The molecule has 2 unspecified atom stereocenters. The number of nitrogens with one attached hydrogen (secondary N) is 1. The molecule has 1 heterocycles. The lowest BCUT2D eigenvalue weighted by Crippen LogP contribution is -2.10. The fraction of sp³-hybridized carbons (Fsp3) is 0.400. The molecule has 128 valence electrons. The molecule has 1 nitrogen and oxygen atoms in total. The van der Waals surface area contributed by atoms with E-state index >= 15 is 0 Å². The second-order valence-electron chi connectivity index (χ2n) is 6.21. The van der Waals surface area contributed by atoms with E-state index < -0.39 is 0 Å². The molecule has 2 aromatic carbocycles. The summed E-state index contributed by atoms with van der Waals surface area (Å²) in [6, 6.07) is 15.4. The Labute approximate surface area is 152 Å². The fourth-order valence-electron chi connectivity index (χ4n) is 3.00. The van der Waals surface area contributed by atoms with E-state index in [-0.39, 0.29) is 6.67 Å². The second kappa shape index (κ2) is 8.30. The second-order valence-corrected chi connectivity index (χ2v) is 8.94. The molecule has 3 rings (SSSR count). The smallest absolute Gasteiger partial charge is 0.0985 e. The van der Waals surface area contributed by atoms with Crippen molar-refractivity contribution in [2.75, 3.05) is 24.8 Å². The predicted molar refractivity (Wildman–Crippen MR) is 107 cm³/mol. The van der Waals surface area contributed by atoms with Gasteiger partial charge in [0.15, 0.2) is 0 Å². The highest BCUT2D eigenvalue weighted by molar-refractivity contribution is 8.17. The van der Waals surface area contributed by atoms with E-state index in [2.05, 4.69) is 54.7 Å². The zero-order valence-corrected chi connectivity index (χ0v) is 15.9. The van der Waals surface area contributed by atoms with Gasteiger partial charge in [0, 0.05) is 23.4 Å². The predicted octanol–water partition coefficient (Wildman–Crippen LogP) is 6.10. The van der Waals surface area contributed by atoms with Gasteiger partial charge >= 0.3 is 0 Å². The van der Waals surface area contributed by atoms with Crippen LogP contribution >= 0.6 is 23.5 Å². The molecule has 0 bridgehead atoms. The molecular weight excluding hydrogens is 337 g/mol. The number of hydrogen-bond acceptors (Lipinski definition) is 3. The molecule has 1 aliphatic rings. The van der Waals surface area contributed by atoms with Crippen molar-refractivity contribution in [3.63, 3.8) is 0 Å². The van der Waals surface area contributed by atoms with Gasteiger partial charge in [0.2, 0.25) is 0 Å². The monoisotopic (exact) mass is 361 g/mol. The lowest BCUT2D eigenvalue weighted by Gasteiger charge is -2.20. The molecule has 0 radical (unpaired) electrons. The highest BCUT2D eigenvalue weighted by Gasteiger charge is 2.24. The number of halogens is 1. The molecule has 4 heteroatoms. The van der Waals surface area contributed by atoms with E-state index in [1.54, 1.807) is 11.8 Å². The van der Waals surface area contributed by atoms with Crippen molar-refractivity contribution in [1.82, 2.24) is 0 Å². The Bertz CT molecular complexity index is 672. The van der Waals surface area contributed by atoms with E-state index in [1.165, 1.54) is 28.0 Å². The summed E-state index contributed by atoms with van der Waals surface area (Å²) in [4.78, 5) is 1.37. The lowest BCUT2D eigenvalue weighted by molar-refractivity contribution is 0.530. The maximum Gasteiger partial charge on any atom is 0.0985 e. The van der Waals surface area contributed by atoms with Crippen LogP contribution in [0.25, 0.3) is 11.1 Å². The summed E-state index contributed by atoms with van der Waals surface area (Å²) in [5.41, 5.74) is 5.06. The Kier molecular flexibility index (Phi) is 6.12. The standard InChI is InChI=1S/C20H24FNS2/c1-14-3-4-16-5-6-17(15-7-9-18(22-2)10-8-15)13-19(16)24-20(14)23-12-11-21/h5-10,13-14,20,22H,3-4,11-12H2,1-2H3. The van der Waals surface area contributed by atoms with Gasteiger partial charge in [-0.3, -0.25) is 4.39 Å². The zero-order chi connectivity index (χ0) is 16.9. The van der Waals surface area contributed by atoms with Crippen LogP contribution in [-0.4, -0.2) is 24.1 Å². The summed E-state index contributed by atoms with van der Waals surface area (Å²) in [5.74, 6) is 1.21. The summed E-state index contributed by atoms with van der Waals surface area (Å²) in [7, 11) is 1.93. The number of alkyl halides is 1. The van der Waals surface area contributed by atoms with E-state index in [9.17, 15) is 4.39 Å². The normalized spacial score (nSPS) is 20.3. The molecule has 2 aromatic rings. The molecule has 2 atom stereocenters. The lowest BCUT2D eigenvalue weighted by atomic mass is 9.99. The van der Waals surface area contributed by atoms with Gasteiger partial charge in [-0.05, 0) is 53.6 Å². The first kappa shape index (κ1) is 17.7. The third-order valence-electron chi connectivity index (χ3n) is 4.51. The molecule has 0 saturated heterocycles. The van der Waals surface area contributed by atoms with Crippen molar-refractivity contribution in [2.45, 2.75) is 29.2 Å². The van der Waals surface area contributed by atoms with Crippen LogP contribution in [0.5, 0.6) is 0 Å². The van der Waals surface area contributed by atoms with Crippen LogP contribution in [-0.2, 0) is 6.42 Å². The van der Waals surface area contributed by atoms with Crippen LogP contribution in [0.2, 0.25) is 0 Å². The van der Waals surface area contributed by atoms with Crippen molar-refractivity contribution in [2.24, 2.45) is 5.92 Å². The first-order valence-corrected chi connectivity index (χ1v) is 10.4. The highest BCUT2D eigenvalue weighted by atomic mass is 32.2. The van der Waals surface area contributed by atoms with Gasteiger partial charge in [-0.25, -0.2) is 0 Å². The number of aryl methyl sites for hydroxylation is 1.